The summed E-state index contributed by atoms with van der Waals surface area (Å²) in [5, 5.41) is 0. The van der Waals surface area contributed by atoms with E-state index in [9.17, 15) is 0 Å². The van der Waals surface area contributed by atoms with E-state index in [0.717, 1.165) is 27.0 Å². The van der Waals surface area contributed by atoms with Crippen LogP contribution in [0.25, 0.3) is 22.8 Å². The molecule has 0 fully saturated rings. The van der Waals surface area contributed by atoms with Gasteiger partial charge in [-0.25, -0.2) is 0 Å². The summed E-state index contributed by atoms with van der Waals surface area (Å²) < 4.78 is 8.87. The molecule has 0 saturated heterocycles. The second-order valence-corrected chi connectivity index (χ2v) is 16.3. The van der Waals surface area contributed by atoms with Gasteiger partial charge in [-0.3, -0.25) is 0 Å². The summed E-state index contributed by atoms with van der Waals surface area (Å²) in [7, 11) is 0. The minimum atomic E-state index is 0.640. The lowest BCUT2D eigenvalue weighted by atomic mass is 9.92. The Morgan fingerprint density at radius 2 is 1.12 bits per heavy atom. The molecule has 0 aromatic heterocycles. The van der Waals surface area contributed by atoms with Gasteiger partial charge in [0.2, 0.25) is 0 Å². The lowest BCUT2D eigenvalue weighted by Crippen LogP contribution is -2.28. The quantitative estimate of drug-likeness (QED) is 0.0772. The maximum Gasteiger partial charge on any atom is 0.151 e. The van der Waals surface area contributed by atoms with Gasteiger partial charge in [0.05, 0.1) is 11.4 Å². The Kier molecular flexibility index (Phi) is 13.8. The minimum Gasteiger partial charge on any atom is -0.453 e. The van der Waals surface area contributed by atoms with Crippen molar-refractivity contribution in [2.75, 3.05) is 11.4 Å². The fourth-order valence-corrected chi connectivity index (χ4v) is 8.71. The Bertz CT molecular complexity index is 1690. The fraction of sp³-hybridized carbons (Fsp3) is 0.435. The second kappa shape index (κ2) is 18.6. The first-order valence-corrected chi connectivity index (χ1v) is 21.1. The van der Waals surface area contributed by atoms with Crippen molar-refractivity contribution < 1.29 is 4.74 Å². The molecule has 0 radical (unpaired) electrons. The summed E-state index contributed by atoms with van der Waals surface area (Å²) in [5.74, 6) is 2.55. The van der Waals surface area contributed by atoms with E-state index in [1.54, 1.807) is 0 Å². The molecule has 50 heavy (non-hydrogen) atoms. The maximum absolute atomic E-state index is 6.68. The summed E-state index contributed by atoms with van der Waals surface area (Å²) in [6.45, 7) is 5.63. The van der Waals surface area contributed by atoms with Crippen LogP contribution in [-0.2, 0) is 0 Å². The van der Waals surface area contributed by atoms with E-state index >= 15 is 0 Å². The Morgan fingerprint density at radius 1 is 0.580 bits per heavy atom. The van der Waals surface area contributed by atoms with Crippen LogP contribution in [0.5, 0.6) is 11.5 Å². The number of rotatable bonds is 19. The molecule has 0 bridgehead atoms. The number of para-hydroxylation sites is 3. The highest BCUT2D eigenvalue weighted by atomic mass is 79.9. The molecule has 0 spiro atoms. The molecule has 2 aliphatic rings. The third-order valence-corrected chi connectivity index (χ3v) is 11.7. The number of unbranched alkanes of at least 4 members (excludes halogenated alkanes) is 12. The molecule has 0 saturated carbocycles. The molecule has 1 unspecified atom stereocenters. The summed E-state index contributed by atoms with van der Waals surface area (Å²) >= 11 is 7.54. The first kappa shape index (κ1) is 37.0. The minimum absolute atomic E-state index is 0.640. The summed E-state index contributed by atoms with van der Waals surface area (Å²) in [6, 6.07) is 28.6. The first-order valence-electron chi connectivity index (χ1n) is 19.6. The van der Waals surface area contributed by atoms with Gasteiger partial charge in [0.25, 0.3) is 0 Å². The van der Waals surface area contributed by atoms with Crippen LogP contribution in [0.15, 0.2) is 87.8 Å². The van der Waals surface area contributed by atoms with Gasteiger partial charge in [-0.15, -0.1) is 0 Å². The zero-order valence-electron chi connectivity index (χ0n) is 30.3. The van der Waals surface area contributed by atoms with Crippen LogP contribution in [0, 0.1) is 5.92 Å². The molecule has 1 aliphatic carbocycles. The Balaban J connectivity index is 1.31. The monoisotopic (exact) mass is 795 g/mol. The predicted octanol–water partition coefficient (Wildman–Crippen LogP) is 15.9. The SMILES string of the molecule is CCCCCCCCCCC(CCCCCCCC)CN1c2ccccc2Oc2cccc(C=C3c4cc(Br)ccc4-c4ccc(Br)cc43)c21. The van der Waals surface area contributed by atoms with E-state index < -0.39 is 0 Å². The van der Waals surface area contributed by atoms with Gasteiger partial charge in [0.1, 0.15) is 0 Å². The van der Waals surface area contributed by atoms with Crippen LogP contribution >= 0.6 is 31.9 Å². The van der Waals surface area contributed by atoms with E-state index in [0.29, 0.717) is 5.92 Å². The third-order valence-electron chi connectivity index (χ3n) is 10.7. The van der Waals surface area contributed by atoms with Crippen molar-refractivity contribution in [1.29, 1.82) is 0 Å². The lowest BCUT2D eigenvalue weighted by molar-refractivity contribution is 0.401. The zero-order chi connectivity index (χ0) is 34.7. The van der Waals surface area contributed by atoms with Gasteiger partial charge in [-0.2, -0.15) is 0 Å². The number of hydrogen-bond donors (Lipinski definition) is 0. The van der Waals surface area contributed by atoms with Gasteiger partial charge < -0.3 is 9.64 Å². The second-order valence-electron chi connectivity index (χ2n) is 14.5. The van der Waals surface area contributed by atoms with Crippen molar-refractivity contribution >= 4 is 54.9 Å². The molecule has 4 aromatic rings. The maximum atomic E-state index is 6.68. The predicted molar refractivity (Wildman–Crippen MR) is 223 cm³/mol. The van der Waals surface area contributed by atoms with Crippen molar-refractivity contribution in [3.8, 4) is 22.6 Å². The Hall–Kier alpha value is -2.82. The van der Waals surface area contributed by atoms with Crippen LogP contribution in [0.3, 0.4) is 0 Å². The van der Waals surface area contributed by atoms with E-state index in [4.69, 9.17) is 4.74 Å². The van der Waals surface area contributed by atoms with Gasteiger partial charge in [-0.05, 0) is 95.1 Å². The van der Waals surface area contributed by atoms with Crippen molar-refractivity contribution in [2.45, 2.75) is 117 Å². The van der Waals surface area contributed by atoms with Crippen molar-refractivity contribution in [2.24, 2.45) is 5.92 Å². The molecule has 1 aliphatic heterocycles. The van der Waals surface area contributed by atoms with Gasteiger partial charge in [0.15, 0.2) is 11.5 Å². The van der Waals surface area contributed by atoms with Gasteiger partial charge in [0, 0.05) is 21.1 Å². The molecule has 6 rings (SSSR count). The highest BCUT2D eigenvalue weighted by molar-refractivity contribution is 9.10. The van der Waals surface area contributed by atoms with Gasteiger partial charge >= 0.3 is 0 Å². The van der Waals surface area contributed by atoms with E-state index in [-0.39, 0.29) is 0 Å². The smallest absolute Gasteiger partial charge is 0.151 e. The number of benzene rings is 4. The molecule has 0 amide bonds. The summed E-state index contributed by atoms with van der Waals surface area (Å²) in [5.41, 5.74) is 9.96. The van der Waals surface area contributed by atoms with Crippen molar-refractivity contribution in [3.05, 3.63) is 104 Å². The van der Waals surface area contributed by atoms with E-state index in [2.05, 4.69) is 136 Å². The number of nitrogens with zero attached hydrogens (tertiary/aromatic N) is 1. The van der Waals surface area contributed by atoms with Crippen LogP contribution in [0.4, 0.5) is 11.4 Å². The molecular weight excluding hydrogens is 742 g/mol. The number of ether oxygens (including phenoxy) is 1. The van der Waals surface area contributed by atoms with Crippen molar-refractivity contribution in [3.63, 3.8) is 0 Å². The van der Waals surface area contributed by atoms with E-state index in [1.165, 1.54) is 147 Å². The Morgan fingerprint density at radius 3 is 1.72 bits per heavy atom. The average Bonchev–Trinajstić information content (AvgIpc) is 3.41. The molecule has 4 aromatic carbocycles. The summed E-state index contributed by atoms with van der Waals surface area (Å²) in [4.78, 5) is 2.62. The van der Waals surface area contributed by atoms with Crippen LogP contribution in [-0.4, -0.2) is 6.54 Å². The standard InChI is InChI=1S/C46H55Br2NO/c1-3-5-7-9-11-12-14-16-21-34(20-15-13-10-8-6-4-2)33-49-43-23-17-18-24-44(43)50-45-25-19-22-35(46(45)49)30-40-41-31-36(47)26-28-38(41)39-29-27-37(48)32-42(39)40/h17-19,22-32,34H,3-16,20-21,33H2,1-2H3. The number of hydrogen-bond acceptors (Lipinski definition) is 2. The topological polar surface area (TPSA) is 12.5 Å². The molecule has 264 valence electrons. The largest absolute Gasteiger partial charge is 0.453 e. The molecule has 1 heterocycles. The summed E-state index contributed by atoms with van der Waals surface area (Å²) in [6.07, 6.45) is 24.1. The lowest BCUT2D eigenvalue weighted by Gasteiger charge is -2.36. The molecule has 2 nitrogen and oxygen atoms in total. The van der Waals surface area contributed by atoms with Crippen molar-refractivity contribution in [1.82, 2.24) is 0 Å². The number of anilines is 2. The van der Waals surface area contributed by atoms with Crippen LogP contribution in [0.2, 0.25) is 0 Å². The third kappa shape index (κ3) is 9.15. The van der Waals surface area contributed by atoms with Crippen LogP contribution < -0.4 is 9.64 Å². The number of halogens is 2. The van der Waals surface area contributed by atoms with E-state index in [1.807, 2.05) is 0 Å². The first-order chi connectivity index (χ1) is 24.6. The average molecular weight is 798 g/mol. The molecule has 4 heteroatoms. The van der Waals surface area contributed by atoms with Crippen LogP contribution in [0.1, 0.15) is 133 Å². The number of fused-ring (bicyclic) bond motifs is 5. The molecule has 0 N–H and O–H groups in total. The molecule has 1 atom stereocenters. The Labute approximate surface area is 319 Å². The zero-order valence-corrected chi connectivity index (χ0v) is 33.5. The molecular formula is C46H55Br2NO. The fourth-order valence-electron chi connectivity index (χ4n) is 7.99. The van der Waals surface area contributed by atoms with Gasteiger partial charge in [-0.1, -0.05) is 172 Å². The highest BCUT2D eigenvalue weighted by Crippen LogP contribution is 2.52. The highest BCUT2D eigenvalue weighted by Gasteiger charge is 2.30. The normalized spacial score (nSPS) is 13.4.